The molecule has 0 spiro atoms. The highest BCUT2D eigenvalue weighted by Crippen LogP contribution is 2.65. The predicted octanol–water partition coefficient (Wildman–Crippen LogP) is 4.66. The molecule has 3 aliphatic carbocycles. The maximum atomic E-state index is 11.9. The van der Waals surface area contributed by atoms with Crippen molar-refractivity contribution < 1.29 is 14.1 Å². The van der Waals surface area contributed by atoms with E-state index < -0.39 is 0 Å². The maximum absolute atomic E-state index is 11.9. The summed E-state index contributed by atoms with van der Waals surface area (Å²) in [5, 5.41) is 0.519. The summed E-state index contributed by atoms with van der Waals surface area (Å²) in [5.41, 5.74) is 2.79. The highest BCUT2D eigenvalue weighted by Gasteiger charge is 2.67. The molecular weight excluding hydrogens is 334 g/mol. The first-order valence-electron chi connectivity index (χ1n) is 9.26. The average Bonchev–Trinajstić information content (AvgIpc) is 2.85. The molecule has 0 N–H and O–H groups in total. The Morgan fingerprint density at radius 2 is 2.04 bits per heavy atom. The molecule has 4 aliphatic rings. The van der Waals surface area contributed by atoms with Crippen LogP contribution in [0.1, 0.15) is 62.0 Å². The van der Waals surface area contributed by atoms with Gasteiger partial charge in [-0.25, -0.2) is 0 Å². The average molecular weight is 361 g/mol. The summed E-state index contributed by atoms with van der Waals surface area (Å²) in [6, 6.07) is 3.80. The molecule has 5 heteroatoms. The summed E-state index contributed by atoms with van der Waals surface area (Å²) < 4.78 is 12.8. The largest absolute Gasteiger partial charge is 0.462 e. The van der Waals surface area contributed by atoms with Gasteiger partial charge in [0.1, 0.15) is 0 Å². The molecule has 0 aromatic heterocycles. The smallest absolute Gasteiger partial charge is 0.405 e. The number of Topliss-reactive ketones (excluding diaryl/α,β-unsaturated/α-hetero) is 1. The number of rotatable bonds is 3. The molecule has 0 radical (unpaired) electrons. The second-order valence-corrected chi connectivity index (χ2v) is 9.27. The fourth-order valence-electron chi connectivity index (χ4n) is 5.59. The molecule has 1 saturated heterocycles. The van der Waals surface area contributed by atoms with Gasteiger partial charge in [0.05, 0.1) is 16.7 Å². The van der Waals surface area contributed by atoms with Crippen LogP contribution in [0.15, 0.2) is 12.1 Å². The monoisotopic (exact) mass is 360 g/mol. The van der Waals surface area contributed by atoms with Gasteiger partial charge in [-0.15, -0.1) is 0 Å². The minimum Gasteiger partial charge on any atom is -0.405 e. The lowest BCUT2D eigenvalue weighted by atomic mass is 9.43. The zero-order valence-corrected chi connectivity index (χ0v) is 16.4. The number of ketones is 1. The SMILES string of the molecule is CC(=O)c1c(Cl)ccc(CB2OC3CC4CC(C4(C)C)[C@]3(C)O2)c1C. The van der Waals surface area contributed by atoms with E-state index in [2.05, 4.69) is 20.8 Å². The van der Waals surface area contributed by atoms with Gasteiger partial charge in [-0.2, -0.15) is 0 Å². The fourth-order valence-corrected chi connectivity index (χ4v) is 5.93. The number of hydrogen-bond acceptors (Lipinski definition) is 3. The van der Waals surface area contributed by atoms with Gasteiger partial charge in [-0.3, -0.25) is 4.79 Å². The van der Waals surface area contributed by atoms with Crippen molar-refractivity contribution >= 4 is 24.5 Å². The van der Waals surface area contributed by atoms with Crippen LogP contribution in [0.25, 0.3) is 0 Å². The Hall–Kier alpha value is -0.835. The van der Waals surface area contributed by atoms with E-state index >= 15 is 0 Å². The Bertz CT molecular complexity index is 747. The Balaban J connectivity index is 1.57. The van der Waals surface area contributed by atoms with E-state index in [9.17, 15) is 4.79 Å². The van der Waals surface area contributed by atoms with Gasteiger partial charge in [0.15, 0.2) is 5.78 Å². The lowest BCUT2D eigenvalue weighted by Gasteiger charge is -2.64. The molecular formula is C20H26BClO3. The molecule has 25 heavy (non-hydrogen) atoms. The van der Waals surface area contributed by atoms with E-state index in [1.54, 1.807) is 6.92 Å². The van der Waals surface area contributed by atoms with Crippen molar-refractivity contribution in [1.82, 2.24) is 0 Å². The van der Waals surface area contributed by atoms with Crippen molar-refractivity contribution in [3.63, 3.8) is 0 Å². The van der Waals surface area contributed by atoms with Crippen LogP contribution in [0, 0.1) is 24.2 Å². The molecule has 2 bridgehead atoms. The minimum atomic E-state index is -0.246. The zero-order valence-electron chi connectivity index (χ0n) is 15.7. The quantitative estimate of drug-likeness (QED) is 0.581. The van der Waals surface area contributed by atoms with Crippen molar-refractivity contribution in [2.45, 2.75) is 65.5 Å². The molecule has 5 rings (SSSR count). The highest BCUT2D eigenvalue weighted by atomic mass is 35.5. The van der Waals surface area contributed by atoms with Gasteiger partial charge < -0.3 is 9.31 Å². The summed E-state index contributed by atoms with van der Waals surface area (Å²) in [7, 11) is -0.246. The molecule has 134 valence electrons. The standard InChI is InChI=1S/C20H26BClO3/c1-11-13(6-7-15(22)18(11)12(2)23)10-21-24-17-9-14-8-16(19(14,3)4)20(17,5)25-21/h6-7,14,16-17H,8-10H2,1-5H3/t14?,16?,17?,20-/m0/s1. The van der Waals surface area contributed by atoms with E-state index in [4.69, 9.17) is 20.9 Å². The van der Waals surface area contributed by atoms with Gasteiger partial charge >= 0.3 is 7.12 Å². The minimum absolute atomic E-state index is 0.000752. The van der Waals surface area contributed by atoms with Gasteiger partial charge in [-0.1, -0.05) is 31.5 Å². The van der Waals surface area contributed by atoms with Crippen LogP contribution in [-0.2, 0) is 15.6 Å². The third-order valence-electron chi connectivity index (χ3n) is 7.27. The number of halogens is 1. The lowest BCUT2D eigenvalue weighted by Crippen LogP contribution is -2.65. The number of carbonyl (C=O) groups is 1. The number of carbonyl (C=O) groups excluding carboxylic acids is 1. The van der Waals surface area contributed by atoms with Crippen LogP contribution < -0.4 is 0 Å². The molecule has 1 aliphatic heterocycles. The van der Waals surface area contributed by atoms with E-state index in [1.807, 2.05) is 19.1 Å². The van der Waals surface area contributed by atoms with E-state index in [1.165, 1.54) is 6.42 Å². The maximum Gasteiger partial charge on any atom is 0.462 e. The Morgan fingerprint density at radius 1 is 1.32 bits per heavy atom. The normalized spacial score (nSPS) is 35.3. The Morgan fingerprint density at radius 3 is 2.68 bits per heavy atom. The molecule has 1 aromatic carbocycles. The summed E-state index contributed by atoms with van der Waals surface area (Å²) >= 11 is 6.21. The topological polar surface area (TPSA) is 35.5 Å². The van der Waals surface area contributed by atoms with Crippen molar-refractivity contribution in [1.29, 1.82) is 0 Å². The third-order valence-corrected chi connectivity index (χ3v) is 7.58. The molecule has 3 unspecified atom stereocenters. The molecule has 1 heterocycles. The second-order valence-electron chi connectivity index (χ2n) is 8.87. The van der Waals surface area contributed by atoms with Crippen LogP contribution in [0.2, 0.25) is 5.02 Å². The lowest BCUT2D eigenvalue weighted by molar-refractivity contribution is -0.199. The van der Waals surface area contributed by atoms with Crippen LogP contribution in [0.5, 0.6) is 0 Å². The zero-order chi connectivity index (χ0) is 18.1. The Kier molecular flexibility index (Phi) is 3.92. The first kappa shape index (κ1) is 17.6. The molecule has 3 nitrogen and oxygen atoms in total. The van der Waals surface area contributed by atoms with Crippen LogP contribution >= 0.6 is 11.6 Å². The van der Waals surface area contributed by atoms with Gasteiger partial charge in [0, 0.05) is 11.9 Å². The summed E-state index contributed by atoms with van der Waals surface area (Å²) in [4.78, 5) is 11.9. The highest BCUT2D eigenvalue weighted by molar-refractivity contribution is 6.45. The first-order chi connectivity index (χ1) is 11.6. The molecule has 4 fully saturated rings. The Labute approximate surface area is 155 Å². The predicted molar refractivity (Wildman–Crippen MR) is 100 cm³/mol. The first-order valence-corrected chi connectivity index (χ1v) is 9.64. The van der Waals surface area contributed by atoms with Gasteiger partial charge in [-0.05, 0) is 68.1 Å². The number of hydrogen-bond donors (Lipinski definition) is 0. The molecule has 3 saturated carbocycles. The van der Waals surface area contributed by atoms with Crippen molar-refractivity contribution in [2.24, 2.45) is 17.3 Å². The molecule has 4 atom stereocenters. The van der Waals surface area contributed by atoms with Crippen LogP contribution in [0.4, 0.5) is 0 Å². The van der Waals surface area contributed by atoms with Crippen LogP contribution in [-0.4, -0.2) is 24.6 Å². The van der Waals surface area contributed by atoms with Gasteiger partial charge in [0.2, 0.25) is 0 Å². The van der Waals surface area contributed by atoms with Crippen molar-refractivity contribution in [3.05, 3.63) is 33.8 Å². The summed E-state index contributed by atoms with van der Waals surface area (Å²) in [6.45, 7) is 10.5. The van der Waals surface area contributed by atoms with Crippen molar-refractivity contribution in [3.8, 4) is 0 Å². The van der Waals surface area contributed by atoms with Crippen molar-refractivity contribution in [2.75, 3.05) is 0 Å². The third kappa shape index (κ3) is 2.44. The van der Waals surface area contributed by atoms with E-state index in [0.29, 0.717) is 28.2 Å². The fraction of sp³-hybridized carbons (Fsp3) is 0.650. The molecule has 1 aromatic rings. The van der Waals surface area contributed by atoms with E-state index in [-0.39, 0.29) is 24.6 Å². The molecule has 0 amide bonds. The second kappa shape index (κ2) is 5.58. The summed E-state index contributed by atoms with van der Waals surface area (Å²) in [5.74, 6) is 1.31. The van der Waals surface area contributed by atoms with Gasteiger partial charge in [0.25, 0.3) is 0 Å². The van der Waals surface area contributed by atoms with E-state index in [0.717, 1.165) is 23.5 Å². The number of benzene rings is 1. The summed E-state index contributed by atoms with van der Waals surface area (Å²) in [6.07, 6.45) is 3.20. The van der Waals surface area contributed by atoms with Crippen LogP contribution in [0.3, 0.4) is 0 Å².